The number of oxime groups is 1. The Kier molecular flexibility index (Phi) is 4.76. The molecule has 3 N–H and O–H groups in total. The standard InChI is InChI=1S/C15H22ClN3O/c1-10(2)8-9-19(11-6-7-11)13-5-3-4-12(16)14(13)15(17)18-20/h3-5,10-11,20H,6-9H2,1-2H3,(H2,17,18). The summed E-state index contributed by atoms with van der Waals surface area (Å²) in [6, 6.07) is 6.23. The highest BCUT2D eigenvalue weighted by Gasteiger charge is 2.31. The highest BCUT2D eigenvalue weighted by atomic mass is 35.5. The SMILES string of the molecule is CC(C)CCN(c1cccc(Cl)c1/C(N)=N/O)C1CC1. The van der Waals surface area contributed by atoms with Crippen molar-refractivity contribution in [3.05, 3.63) is 28.8 Å². The van der Waals surface area contributed by atoms with Gasteiger partial charge in [0.25, 0.3) is 0 Å². The average molecular weight is 296 g/mol. The summed E-state index contributed by atoms with van der Waals surface area (Å²) in [7, 11) is 0. The second-order valence-corrected chi connectivity index (χ2v) is 6.13. The molecule has 4 nitrogen and oxygen atoms in total. The highest BCUT2D eigenvalue weighted by Crippen LogP contribution is 2.36. The van der Waals surface area contributed by atoms with Crippen molar-refractivity contribution < 1.29 is 5.21 Å². The molecule has 1 aliphatic carbocycles. The number of rotatable bonds is 6. The zero-order chi connectivity index (χ0) is 14.7. The van der Waals surface area contributed by atoms with Gasteiger partial charge in [-0.2, -0.15) is 0 Å². The van der Waals surface area contributed by atoms with Gasteiger partial charge in [0.1, 0.15) is 0 Å². The van der Waals surface area contributed by atoms with Crippen LogP contribution in [0.25, 0.3) is 0 Å². The molecule has 0 aliphatic heterocycles. The quantitative estimate of drug-likeness (QED) is 0.366. The summed E-state index contributed by atoms with van der Waals surface area (Å²) in [6.07, 6.45) is 3.50. The molecule has 110 valence electrons. The van der Waals surface area contributed by atoms with E-state index in [1.807, 2.05) is 12.1 Å². The molecule has 0 amide bonds. The lowest BCUT2D eigenvalue weighted by molar-refractivity contribution is 0.318. The first-order valence-corrected chi connectivity index (χ1v) is 7.45. The van der Waals surface area contributed by atoms with Crippen LogP contribution in [0.1, 0.15) is 38.7 Å². The van der Waals surface area contributed by atoms with E-state index in [1.165, 1.54) is 12.8 Å². The molecule has 0 aromatic heterocycles. The minimum absolute atomic E-state index is 0.0702. The van der Waals surface area contributed by atoms with Crippen LogP contribution in [0.3, 0.4) is 0 Å². The predicted octanol–water partition coefficient (Wildman–Crippen LogP) is 3.45. The third-order valence-corrected chi connectivity index (χ3v) is 3.91. The van der Waals surface area contributed by atoms with Crippen molar-refractivity contribution in [2.24, 2.45) is 16.8 Å². The fraction of sp³-hybridized carbons (Fsp3) is 0.533. The van der Waals surface area contributed by atoms with Crippen molar-refractivity contribution >= 4 is 23.1 Å². The number of hydrogen-bond acceptors (Lipinski definition) is 3. The Hall–Kier alpha value is -1.42. The maximum absolute atomic E-state index is 8.98. The van der Waals surface area contributed by atoms with Gasteiger partial charge in [0.2, 0.25) is 0 Å². The summed E-state index contributed by atoms with van der Waals surface area (Å²) in [5.74, 6) is 0.712. The second-order valence-electron chi connectivity index (χ2n) is 5.73. The van der Waals surface area contributed by atoms with Gasteiger partial charge in [0.15, 0.2) is 5.84 Å². The van der Waals surface area contributed by atoms with E-state index >= 15 is 0 Å². The molecule has 5 heteroatoms. The molecule has 0 bridgehead atoms. The molecule has 0 saturated heterocycles. The Morgan fingerprint density at radius 2 is 2.20 bits per heavy atom. The normalized spacial score (nSPS) is 15.7. The lowest BCUT2D eigenvalue weighted by atomic mass is 10.1. The molecular weight excluding hydrogens is 274 g/mol. The van der Waals surface area contributed by atoms with Gasteiger partial charge in [0.05, 0.1) is 10.6 Å². The monoisotopic (exact) mass is 295 g/mol. The van der Waals surface area contributed by atoms with Crippen LogP contribution >= 0.6 is 11.6 Å². The lowest BCUT2D eigenvalue weighted by Crippen LogP contribution is -2.30. The van der Waals surface area contributed by atoms with Gasteiger partial charge in [-0.15, -0.1) is 0 Å². The number of nitrogens with two attached hydrogens (primary N) is 1. The smallest absolute Gasteiger partial charge is 0.173 e. The molecule has 0 heterocycles. The lowest BCUT2D eigenvalue weighted by Gasteiger charge is -2.28. The highest BCUT2D eigenvalue weighted by molar-refractivity contribution is 6.34. The van der Waals surface area contributed by atoms with E-state index < -0.39 is 0 Å². The van der Waals surface area contributed by atoms with Crippen LogP contribution in [0.5, 0.6) is 0 Å². The fourth-order valence-electron chi connectivity index (χ4n) is 2.34. The summed E-state index contributed by atoms with van der Waals surface area (Å²) in [6.45, 7) is 5.40. The summed E-state index contributed by atoms with van der Waals surface area (Å²) in [5.41, 5.74) is 7.40. The fourth-order valence-corrected chi connectivity index (χ4v) is 2.61. The molecule has 0 spiro atoms. The Labute approximate surface area is 125 Å². The molecule has 0 unspecified atom stereocenters. The Morgan fingerprint density at radius 3 is 2.75 bits per heavy atom. The summed E-state index contributed by atoms with van der Waals surface area (Å²) in [5, 5.41) is 12.6. The van der Waals surface area contributed by atoms with Crippen molar-refractivity contribution in [1.29, 1.82) is 0 Å². The molecule has 0 atom stereocenters. The largest absolute Gasteiger partial charge is 0.409 e. The first-order chi connectivity index (χ1) is 9.54. The van der Waals surface area contributed by atoms with Crippen LogP contribution < -0.4 is 10.6 Å². The number of benzene rings is 1. The minimum Gasteiger partial charge on any atom is -0.409 e. The van der Waals surface area contributed by atoms with Crippen LogP contribution in [0, 0.1) is 5.92 Å². The van der Waals surface area contributed by atoms with Gasteiger partial charge in [-0.3, -0.25) is 0 Å². The first kappa shape index (κ1) is 15.0. The second kappa shape index (κ2) is 6.35. The van der Waals surface area contributed by atoms with Crippen molar-refractivity contribution in [3.63, 3.8) is 0 Å². The van der Waals surface area contributed by atoms with Crippen molar-refractivity contribution in [2.45, 2.75) is 39.2 Å². The van der Waals surface area contributed by atoms with Crippen LogP contribution in [0.15, 0.2) is 23.4 Å². The third kappa shape index (κ3) is 3.37. The number of nitrogens with zero attached hydrogens (tertiary/aromatic N) is 2. The maximum Gasteiger partial charge on any atom is 0.173 e. The van der Waals surface area contributed by atoms with Gasteiger partial charge in [-0.1, -0.05) is 36.7 Å². The van der Waals surface area contributed by atoms with Gasteiger partial charge in [0, 0.05) is 18.3 Å². The van der Waals surface area contributed by atoms with E-state index in [0.29, 0.717) is 22.5 Å². The molecule has 20 heavy (non-hydrogen) atoms. The Morgan fingerprint density at radius 1 is 1.50 bits per heavy atom. The molecule has 1 aromatic rings. The zero-order valence-electron chi connectivity index (χ0n) is 12.0. The van der Waals surface area contributed by atoms with E-state index in [2.05, 4.69) is 23.9 Å². The number of anilines is 1. The van der Waals surface area contributed by atoms with E-state index in [4.69, 9.17) is 22.5 Å². The molecular formula is C15H22ClN3O. The predicted molar refractivity (Wildman–Crippen MR) is 83.8 cm³/mol. The number of hydrogen-bond donors (Lipinski definition) is 2. The van der Waals surface area contributed by atoms with Crippen LogP contribution in [0.2, 0.25) is 5.02 Å². The first-order valence-electron chi connectivity index (χ1n) is 7.07. The third-order valence-electron chi connectivity index (χ3n) is 3.60. The van der Waals surface area contributed by atoms with E-state index in [0.717, 1.165) is 18.7 Å². The molecule has 1 fully saturated rings. The van der Waals surface area contributed by atoms with Gasteiger partial charge in [-0.05, 0) is 37.3 Å². The van der Waals surface area contributed by atoms with Gasteiger partial charge >= 0.3 is 0 Å². The van der Waals surface area contributed by atoms with E-state index in [1.54, 1.807) is 6.07 Å². The molecule has 1 aromatic carbocycles. The zero-order valence-corrected chi connectivity index (χ0v) is 12.8. The van der Waals surface area contributed by atoms with Gasteiger partial charge < -0.3 is 15.8 Å². The molecule has 0 radical (unpaired) electrons. The average Bonchev–Trinajstić information content (AvgIpc) is 3.22. The van der Waals surface area contributed by atoms with E-state index in [9.17, 15) is 0 Å². The summed E-state index contributed by atoms with van der Waals surface area (Å²) < 4.78 is 0. The van der Waals surface area contributed by atoms with Crippen LogP contribution in [-0.4, -0.2) is 23.6 Å². The van der Waals surface area contributed by atoms with Crippen molar-refractivity contribution in [3.8, 4) is 0 Å². The molecule has 1 saturated carbocycles. The van der Waals surface area contributed by atoms with Crippen molar-refractivity contribution in [2.75, 3.05) is 11.4 Å². The number of amidine groups is 1. The number of halogens is 1. The Balaban J connectivity index is 2.35. The molecule has 2 rings (SSSR count). The Bertz CT molecular complexity index is 498. The van der Waals surface area contributed by atoms with Crippen LogP contribution in [0.4, 0.5) is 5.69 Å². The van der Waals surface area contributed by atoms with Crippen molar-refractivity contribution in [1.82, 2.24) is 0 Å². The van der Waals surface area contributed by atoms with Gasteiger partial charge in [-0.25, -0.2) is 0 Å². The minimum atomic E-state index is 0.0702. The summed E-state index contributed by atoms with van der Waals surface area (Å²) >= 11 is 6.24. The van der Waals surface area contributed by atoms with E-state index in [-0.39, 0.29) is 5.84 Å². The summed E-state index contributed by atoms with van der Waals surface area (Å²) in [4.78, 5) is 2.35. The maximum atomic E-state index is 8.98. The van der Waals surface area contributed by atoms with Crippen LogP contribution in [-0.2, 0) is 0 Å². The topological polar surface area (TPSA) is 61.8 Å². The molecule has 1 aliphatic rings.